The van der Waals surface area contributed by atoms with E-state index in [9.17, 15) is 0 Å². The molecule has 0 saturated carbocycles. The van der Waals surface area contributed by atoms with Crippen LogP contribution in [0.5, 0.6) is 0 Å². The second-order valence-electron chi connectivity index (χ2n) is 7.38. The van der Waals surface area contributed by atoms with Gasteiger partial charge in [-0.1, -0.05) is 97.1 Å². The SMILES string of the molecule is [C-]#[N+]c1ccc([Si](c2ccc([N+]#[C-])cc2)(c2ccc([N+]#[C-])cc2)c2ccc([N+]#[C-])cc2)cc1. The first-order valence-corrected chi connectivity index (χ1v) is 12.1. The second-order valence-corrected chi connectivity index (χ2v) is 11.2. The first-order chi connectivity index (χ1) is 16.1. The van der Waals surface area contributed by atoms with Crippen LogP contribution in [0, 0.1) is 26.3 Å². The molecule has 4 aromatic carbocycles. The highest BCUT2D eigenvalue weighted by molar-refractivity contribution is 7.19. The first-order valence-electron chi connectivity index (χ1n) is 10.1. The monoisotopic (exact) mass is 436 g/mol. The average Bonchev–Trinajstić information content (AvgIpc) is 2.90. The van der Waals surface area contributed by atoms with E-state index in [1.165, 1.54) is 0 Å². The molecular formula is C28H16N4Si. The molecule has 0 aliphatic rings. The molecule has 0 aliphatic heterocycles. The average molecular weight is 437 g/mol. The van der Waals surface area contributed by atoms with Crippen LogP contribution in [0.1, 0.15) is 0 Å². The van der Waals surface area contributed by atoms with E-state index >= 15 is 0 Å². The zero-order valence-electron chi connectivity index (χ0n) is 17.5. The number of nitrogens with zero attached hydrogens (tertiary/aromatic N) is 4. The van der Waals surface area contributed by atoms with Crippen LogP contribution in [0.15, 0.2) is 97.1 Å². The van der Waals surface area contributed by atoms with Crippen molar-refractivity contribution in [3.8, 4) is 0 Å². The summed E-state index contributed by atoms with van der Waals surface area (Å²) < 4.78 is 0. The molecule has 0 saturated heterocycles. The van der Waals surface area contributed by atoms with Gasteiger partial charge in [0.05, 0.1) is 26.3 Å². The third kappa shape index (κ3) is 3.78. The van der Waals surface area contributed by atoms with Crippen LogP contribution in [0.25, 0.3) is 19.4 Å². The van der Waals surface area contributed by atoms with Crippen LogP contribution in [0.4, 0.5) is 22.7 Å². The van der Waals surface area contributed by atoms with Crippen LogP contribution < -0.4 is 20.7 Å². The van der Waals surface area contributed by atoms with Crippen LogP contribution in [-0.4, -0.2) is 8.07 Å². The van der Waals surface area contributed by atoms with E-state index in [0.717, 1.165) is 20.7 Å². The molecular weight excluding hydrogens is 420 g/mol. The van der Waals surface area contributed by atoms with Gasteiger partial charge in [0.2, 0.25) is 0 Å². The molecule has 4 aromatic rings. The Hall–Kier alpha value is -4.94. The lowest BCUT2D eigenvalue weighted by Crippen LogP contribution is -2.74. The molecule has 4 rings (SSSR count). The zero-order valence-corrected chi connectivity index (χ0v) is 18.5. The van der Waals surface area contributed by atoms with Gasteiger partial charge in [0.1, 0.15) is 0 Å². The summed E-state index contributed by atoms with van der Waals surface area (Å²) in [6.07, 6.45) is 0. The van der Waals surface area contributed by atoms with E-state index in [4.69, 9.17) is 26.3 Å². The molecule has 0 amide bonds. The number of rotatable bonds is 4. The van der Waals surface area contributed by atoms with Crippen molar-refractivity contribution in [2.45, 2.75) is 0 Å². The lowest BCUT2D eigenvalue weighted by atomic mass is 10.3. The standard InChI is InChI=1S/C28H16N4Si/c1-29-21-5-13-25(14-6-21)33(26-15-7-22(30-2)8-16-26,27-17-9-23(31-3)10-18-27)28-19-11-24(32-4)12-20-28/h5-20H. The van der Waals surface area contributed by atoms with Crippen molar-refractivity contribution in [1.29, 1.82) is 0 Å². The van der Waals surface area contributed by atoms with Gasteiger partial charge in [-0.05, 0) is 20.7 Å². The lowest BCUT2D eigenvalue weighted by molar-refractivity contribution is 1.67. The third-order valence-electron chi connectivity index (χ3n) is 5.72. The Morgan fingerprint density at radius 1 is 0.333 bits per heavy atom. The Labute approximate surface area is 194 Å². The minimum atomic E-state index is -2.85. The highest BCUT2D eigenvalue weighted by atomic mass is 28.3. The molecule has 0 heterocycles. The molecule has 4 nitrogen and oxygen atoms in total. The van der Waals surface area contributed by atoms with Gasteiger partial charge in [0.25, 0.3) is 0 Å². The summed E-state index contributed by atoms with van der Waals surface area (Å²) >= 11 is 0. The molecule has 0 spiro atoms. The minimum absolute atomic E-state index is 0.566. The van der Waals surface area contributed by atoms with Crippen molar-refractivity contribution in [3.05, 3.63) is 143 Å². The molecule has 0 unspecified atom stereocenters. The third-order valence-corrected chi connectivity index (χ3v) is 10.5. The summed E-state index contributed by atoms with van der Waals surface area (Å²) in [4.78, 5) is 14.2. The maximum atomic E-state index is 7.35. The molecule has 33 heavy (non-hydrogen) atoms. The van der Waals surface area contributed by atoms with E-state index in [1.807, 2.05) is 97.1 Å². The van der Waals surface area contributed by atoms with Gasteiger partial charge in [-0.25, -0.2) is 19.4 Å². The largest absolute Gasteiger partial charge is 0.238 e. The van der Waals surface area contributed by atoms with Crippen LogP contribution in [-0.2, 0) is 0 Å². The van der Waals surface area contributed by atoms with Gasteiger partial charge in [-0.15, -0.1) is 0 Å². The molecule has 0 bridgehead atoms. The Kier molecular flexibility index (Phi) is 5.84. The minimum Gasteiger partial charge on any atom is -0.238 e. The maximum Gasteiger partial charge on any atom is 0.187 e. The second kappa shape index (κ2) is 9.05. The van der Waals surface area contributed by atoms with E-state index in [-0.39, 0.29) is 0 Å². The summed E-state index contributed by atoms with van der Waals surface area (Å²) in [6.45, 7) is 29.4. The summed E-state index contributed by atoms with van der Waals surface area (Å²) in [6, 6.07) is 30.7. The van der Waals surface area contributed by atoms with E-state index in [1.54, 1.807) is 0 Å². The molecule has 0 fully saturated rings. The Morgan fingerprint density at radius 2 is 0.515 bits per heavy atom. The van der Waals surface area contributed by atoms with Crippen LogP contribution in [0.2, 0.25) is 0 Å². The van der Waals surface area contributed by atoms with Gasteiger partial charge < -0.3 is 0 Å². The molecule has 5 heteroatoms. The van der Waals surface area contributed by atoms with Crippen LogP contribution >= 0.6 is 0 Å². The van der Waals surface area contributed by atoms with Crippen molar-refractivity contribution in [3.63, 3.8) is 0 Å². The lowest BCUT2D eigenvalue weighted by Gasteiger charge is -2.34. The van der Waals surface area contributed by atoms with Gasteiger partial charge >= 0.3 is 0 Å². The molecule has 0 radical (unpaired) electrons. The van der Waals surface area contributed by atoms with Crippen molar-refractivity contribution < 1.29 is 0 Å². The van der Waals surface area contributed by atoms with E-state index < -0.39 is 8.07 Å². The highest BCUT2D eigenvalue weighted by Gasteiger charge is 2.41. The number of benzene rings is 4. The Balaban J connectivity index is 2.11. The smallest absolute Gasteiger partial charge is 0.187 e. The van der Waals surface area contributed by atoms with Crippen LogP contribution in [0.3, 0.4) is 0 Å². The molecule has 152 valence electrons. The van der Waals surface area contributed by atoms with Crippen molar-refractivity contribution in [2.75, 3.05) is 0 Å². The number of hydrogen-bond acceptors (Lipinski definition) is 0. The summed E-state index contributed by atoms with van der Waals surface area (Å²) in [5.74, 6) is 0. The summed E-state index contributed by atoms with van der Waals surface area (Å²) in [5.41, 5.74) is 2.27. The van der Waals surface area contributed by atoms with Gasteiger partial charge in [-0.3, -0.25) is 0 Å². The first kappa shape index (κ1) is 21.3. The normalized spacial score (nSPS) is 10.3. The molecule has 0 N–H and O–H groups in total. The van der Waals surface area contributed by atoms with E-state index in [2.05, 4.69) is 19.4 Å². The predicted octanol–water partition coefficient (Wildman–Crippen LogP) is 5.27. The molecule has 0 atom stereocenters. The van der Waals surface area contributed by atoms with Crippen molar-refractivity contribution >= 4 is 51.6 Å². The Morgan fingerprint density at radius 3 is 0.667 bits per heavy atom. The van der Waals surface area contributed by atoms with E-state index in [0.29, 0.717) is 22.7 Å². The number of hydrogen-bond donors (Lipinski definition) is 0. The quantitative estimate of drug-likeness (QED) is 0.236. The Bertz CT molecular complexity index is 1220. The molecule has 0 aromatic heterocycles. The fraction of sp³-hybridized carbons (Fsp3) is 0. The fourth-order valence-corrected chi connectivity index (χ4v) is 8.81. The summed E-state index contributed by atoms with van der Waals surface area (Å²) in [5, 5.41) is 4.32. The van der Waals surface area contributed by atoms with Crippen molar-refractivity contribution in [2.24, 2.45) is 0 Å². The van der Waals surface area contributed by atoms with Gasteiger partial charge in [-0.2, -0.15) is 0 Å². The highest BCUT2D eigenvalue weighted by Crippen LogP contribution is 2.19. The van der Waals surface area contributed by atoms with Crippen molar-refractivity contribution in [1.82, 2.24) is 0 Å². The predicted molar refractivity (Wildman–Crippen MR) is 135 cm³/mol. The molecule has 0 aliphatic carbocycles. The summed E-state index contributed by atoms with van der Waals surface area (Å²) in [7, 11) is -2.85. The maximum absolute atomic E-state index is 7.35. The van der Waals surface area contributed by atoms with Gasteiger partial charge in [0.15, 0.2) is 30.8 Å². The topological polar surface area (TPSA) is 17.4 Å². The fourth-order valence-electron chi connectivity index (χ4n) is 4.14. The van der Waals surface area contributed by atoms with Gasteiger partial charge in [0, 0.05) is 0 Å². The zero-order chi connectivity index (χ0) is 23.3.